The molecule has 0 atom stereocenters. The Bertz CT molecular complexity index is 189. The topological polar surface area (TPSA) is 3.24 Å². The maximum Gasteiger partial charge on any atom is 0.0227 e. The molecule has 1 heteroatoms. The molecule has 1 saturated heterocycles. The van der Waals surface area contributed by atoms with Crippen LogP contribution < -0.4 is 0 Å². The summed E-state index contributed by atoms with van der Waals surface area (Å²) >= 11 is 0. The zero-order chi connectivity index (χ0) is 11.7. The van der Waals surface area contributed by atoms with Crippen LogP contribution in [0.5, 0.6) is 0 Å². The monoisotopic (exact) mass is 209 g/mol. The minimum absolute atomic E-state index is 0.674. The Morgan fingerprint density at radius 2 is 1.73 bits per heavy atom. The van der Waals surface area contributed by atoms with E-state index in [4.69, 9.17) is 0 Å². The standard InChI is InChI=1S/C12H21N.C2H6/c1-4-5-12-6-8-13(9-7-12)10-11(2)3;1-2/h11-12H,6-10H2,1-3H3;1-2H3. The van der Waals surface area contributed by atoms with Gasteiger partial charge in [-0.3, -0.25) is 0 Å². The average molecular weight is 209 g/mol. The molecule has 0 aliphatic carbocycles. The fourth-order valence-corrected chi connectivity index (χ4v) is 1.98. The van der Waals surface area contributed by atoms with Crippen LogP contribution in [0.25, 0.3) is 0 Å². The van der Waals surface area contributed by atoms with Crippen LogP contribution in [-0.2, 0) is 0 Å². The Balaban J connectivity index is 0.000000921. The minimum atomic E-state index is 0.674. The van der Waals surface area contributed by atoms with Gasteiger partial charge in [0, 0.05) is 12.5 Å². The molecular formula is C14H27N. The smallest absolute Gasteiger partial charge is 0.0227 e. The number of hydrogen-bond acceptors (Lipinski definition) is 1. The summed E-state index contributed by atoms with van der Waals surface area (Å²) in [7, 11) is 0. The van der Waals surface area contributed by atoms with Gasteiger partial charge in [-0.25, -0.2) is 0 Å². The summed E-state index contributed by atoms with van der Waals surface area (Å²) in [6.45, 7) is 14.3. The van der Waals surface area contributed by atoms with E-state index in [1.165, 1.54) is 32.5 Å². The van der Waals surface area contributed by atoms with Crippen molar-refractivity contribution in [2.75, 3.05) is 19.6 Å². The van der Waals surface area contributed by atoms with Gasteiger partial charge in [-0.1, -0.05) is 27.7 Å². The van der Waals surface area contributed by atoms with Gasteiger partial charge in [0.1, 0.15) is 0 Å². The maximum absolute atomic E-state index is 3.28. The summed E-state index contributed by atoms with van der Waals surface area (Å²) < 4.78 is 0. The Kier molecular flexibility index (Phi) is 8.52. The third-order valence-corrected chi connectivity index (χ3v) is 2.56. The van der Waals surface area contributed by atoms with Gasteiger partial charge >= 0.3 is 0 Å². The van der Waals surface area contributed by atoms with Crippen molar-refractivity contribution in [2.24, 2.45) is 11.8 Å². The molecule has 0 radical (unpaired) electrons. The molecule has 0 unspecified atom stereocenters. The van der Waals surface area contributed by atoms with E-state index in [1.54, 1.807) is 0 Å². The van der Waals surface area contributed by atoms with Gasteiger partial charge in [-0.2, -0.15) is 0 Å². The number of piperidine rings is 1. The first-order valence-electron chi connectivity index (χ1n) is 6.37. The summed E-state index contributed by atoms with van der Waals surface area (Å²) in [6, 6.07) is 0. The van der Waals surface area contributed by atoms with E-state index in [9.17, 15) is 0 Å². The summed E-state index contributed by atoms with van der Waals surface area (Å²) in [5.74, 6) is 7.78. The molecule has 1 aliphatic heterocycles. The second kappa shape index (κ2) is 8.80. The quantitative estimate of drug-likeness (QED) is 0.630. The molecule has 88 valence electrons. The maximum atomic E-state index is 3.28. The van der Waals surface area contributed by atoms with E-state index in [-0.39, 0.29) is 0 Å². The van der Waals surface area contributed by atoms with Crippen LogP contribution in [0.4, 0.5) is 0 Å². The van der Waals surface area contributed by atoms with Crippen LogP contribution in [0.3, 0.4) is 0 Å². The molecule has 1 fully saturated rings. The van der Waals surface area contributed by atoms with Gasteiger partial charge in [0.25, 0.3) is 0 Å². The highest BCUT2D eigenvalue weighted by Crippen LogP contribution is 2.16. The highest BCUT2D eigenvalue weighted by Gasteiger charge is 2.17. The SMILES string of the molecule is CC.CC#CC1CCN(CC(C)C)CC1. The Morgan fingerprint density at radius 1 is 1.20 bits per heavy atom. The fourth-order valence-electron chi connectivity index (χ4n) is 1.98. The summed E-state index contributed by atoms with van der Waals surface area (Å²) in [5.41, 5.74) is 0. The van der Waals surface area contributed by atoms with Crippen molar-refractivity contribution >= 4 is 0 Å². The lowest BCUT2D eigenvalue weighted by Crippen LogP contribution is -2.35. The van der Waals surface area contributed by atoms with Crippen molar-refractivity contribution in [3.63, 3.8) is 0 Å². The summed E-state index contributed by atoms with van der Waals surface area (Å²) in [4.78, 5) is 2.57. The van der Waals surface area contributed by atoms with E-state index in [0.29, 0.717) is 5.92 Å². The third-order valence-electron chi connectivity index (χ3n) is 2.56. The molecule has 0 bridgehead atoms. The third kappa shape index (κ3) is 6.57. The Hall–Kier alpha value is -0.480. The highest BCUT2D eigenvalue weighted by atomic mass is 15.1. The van der Waals surface area contributed by atoms with Crippen molar-refractivity contribution < 1.29 is 0 Å². The van der Waals surface area contributed by atoms with Gasteiger partial charge in [0.2, 0.25) is 0 Å². The van der Waals surface area contributed by atoms with Crippen molar-refractivity contribution in [1.82, 2.24) is 4.90 Å². The summed E-state index contributed by atoms with van der Waals surface area (Å²) in [5, 5.41) is 0. The molecule has 0 spiro atoms. The molecular weight excluding hydrogens is 182 g/mol. The molecule has 0 aromatic carbocycles. The van der Waals surface area contributed by atoms with Crippen LogP contribution in [0.1, 0.15) is 47.5 Å². The summed E-state index contributed by atoms with van der Waals surface area (Å²) in [6.07, 6.45) is 2.54. The molecule has 0 amide bonds. The van der Waals surface area contributed by atoms with Gasteiger partial charge in [-0.05, 0) is 38.8 Å². The second-order valence-electron chi connectivity index (χ2n) is 4.36. The molecule has 0 aromatic rings. The first kappa shape index (κ1) is 14.5. The minimum Gasteiger partial charge on any atom is -0.303 e. The predicted molar refractivity (Wildman–Crippen MR) is 68.8 cm³/mol. The number of hydrogen-bond donors (Lipinski definition) is 0. The zero-order valence-electron chi connectivity index (χ0n) is 11.1. The van der Waals surface area contributed by atoms with Crippen molar-refractivity contribution in [3.05, 3.63) is 0 Å². The van der Waals surface area contributed by atoms with Crippen LogP contribution in [0.2, 0.25) is 0 Å². The van der Waals surface area contributed by atoms with Crippen LogP contribution in [0, 0.1) is 23.7 Å². The molecule has 0 aromatic heterocycles. The molecule has 1 nitrogen and oxygen atoms in total. The van der Waals surface area contributed by atoms with Gasteiger partial charge in [0.05, 0.1) is 0 Å². The van der Waals surface area contributed by atoms with Gasteiger partial charge < -0.3 is 4.90 Å². The van der Waals surface area contributed by atoms with Crippen LogP contribution in [-0.4, -0.2) is 24.5 Å². The van der Waals surface area contributed by atoms with Crippen LogP contribution in [0.15, 0.2) is 0 Å². The average Bonchev–Trinajstić information content (AvgIpc) is 2.24. The number of likely N-dealkylation sites (tertiary alicyclic amines) is 1. The highest BCUT2D eigenvalue weighted by molar-refractivity contribution is 5.02. The molecule has 1 aliphatic rings. The van der Waals surface area contributed by atoms with Gasteiger partial charge in [0.15, 0.2) is 0 Å². The zero-order valence-corrected chi connectivity index (χ0v) is 11.1. The first-order valence-corrected chi connectivity index (χ1v) is 6.37. The number of nitrogens with zero attached hydrogens (tertiary/aromatic N) is 1. The lowest BCUT2D eigenvalue weighted by atomic mass is 9.97. The lowest BCUT2D eigenvalue weighted by Gasteiger charge is -2.30. The Labute approximate surface area is 96.2 Å². The van der Waals surface area contributed by atoms with Crippen LogP contribution >= 0.6 is 0 Å². The fraction of sp³-hybridized carbons (Fsp3) is 0.857. The lowest BCUT2D eigenvalue weighted by molar-refractivity contribution is 0.187. The van der Waals surface area contributed by atoms with Crippen molar-refractivity contribution in [1.29, 1.82) is 0 Å². The number of rotatable bonds is 2. The predicted octanol–water partition coefficient (Wildman–Crippen LogP) is 3.40. The molecule has 1 heterocycles. The second-order valence-corrected chi connectivity index (χ2v) is 4.36. The van der Waals surface area contributed by atoms with Crippen molar-refractivity contribution in [3.8, 4) is 11.8 Å². The normalized spacial score (nSPS) is 17.7. The molecule has 0 saturated carbocycles. The molecule has 1 rings (SSSR count). The largest absolute Gasteiger partial charge is 0.303 e. The van der Waals surface area contributed by atoms with E-state index in [0.717, 1.165) is 5.92 Å². The Morgan fingerprint density at radius 3 is 2.13 bits per heavy atom. The van der Waals surface area contributed by atoms with E-state index < -0.39 is 0 Å². The first-order chi connectivity index (χ1) is 7.22. The molecule has 15 heavy (non-hydrogen) atoms. The van der Waals surface area contributed by atoms with E-state index in [2.05, 4.69) is 30.6 Å². The van der Waals surface area contributed by atoms with E-state index in [1.807, 2.05) is 20.8 Å². The van der Waals surface area contributed by atoms with Crippen molar-refractivity contribution in [2.45, 2.75) is 47.5 Å². The van der Waals surface area contributed by atoms with E-state index >= 15 is 0 Å². The van der Waals surface area contributed by atoms with Gasteiger partial charge in [-0.15, -0.1) is 11.8 Å². The molecule has 0 N–H and O–H groups in total.